The van der Waals surface area contributed by atoms with Gasteiger partial charge in [-0.1, -0.05) is 0 Å². The number of anilines is 1. The number of hydrogen-bond acceptors (Lipinski definition) is 4. The van der Waals surface area contributed by atoms with E-state index in [1.165, 1.54) is 24.3 Å². The molecule has 0 radical (unpaired) electrons. The van der Waals surface area contributed by atoms with E-state index in [1.54, 1.807) is 12.1 Å². The fourth-order valence-corrected chi connectivity index (χ4v) is 1.89. The average molecular weight is 352 g/mol. The SMILES string of the molecule is O=C(C=Cc1ccc(Br)o1)Nc1ccc(O)cc1C(=O)O. The van der Waals surface area contributed by atoms with Crippen LogP contribution in [0.4, 0.5) is 5.69 Å². The molecule has 0 fully saturated rings. The van der Waals surface area contributed by atoms with Gasteiger partial charge in [-0.25, -0.2) is 4.79 Å². The molecule has 108 valence electrons. The summed E-state index contributed by atoms with van der Waals surface area (Å²) in [5.41, 5.74) is -0.104. The molecule has 0 saturated heterocycles. The van der Waals surface area contributed by atoms with Crippen LogP contribution in [-0.2, 0) is 4.79 Å². The molecule has 1 heterocycles. The number of hydrogen-bond donors (Lipinski definition) is 3. The van der Waals surface area contributed by atoms with Gasteiger partial charge in [0.1, 0.15) is 11.5 Å². The van der Waals surface area contributed by atoms with E-state index in [9.17, 15) is 14.7 Å². The van der Waals surface area contributed by atoms with Gasteiger partial charge >= 0.3 is 5.97 Å². The molecule has 6 nitrogen and oxygen atoms in total. The molecule has 0 saturated carbocycles. The number of carboxylic acids is 1. The van der Waals surface area contributed by atoms with Crippen molar-refractivity contribution < 1.29 is 24.2 Å². The van der Waals surface area contributed by atoms with Crippen molar-refractivity contribution >= 4 is 39.6 Å². The molecule has 7 heteroatoms. The van der Waals surface area contributed by atoms with Crippen molar-refractivity contribution in [2.24, 2.45) is 0 Å². The molecule has 2 aromatic rings. The Morgan fingerprint density at radius 3 is 2.62 bits per heavy atom. The third kappa shape index (κ3) is 3.96. The lowest BCUT2D eigenvalue weighted by atomic mass is 10.1. The zero-order chi connectivity index (χ0) is 15.4. The highest BCUT2D eigenvalue weighted by molar-refractivity contribution is 9.10. The van der Waals surface area contributed by atoms with Crippen molar-refractivity contribution in [2.75, 3.05) is 5.32 Å². The summed E-state index contributed by atoms with van der Waals surface area (Å²) in [6.45, 7) is 0. The van der Waals surface area contributed by atoms with Crippen LogP contribution in [0.15, 0.2) is 45.5 Å². The predicted molar refractivity (Wildman–Crippen MR) is 79.1 cm³/mol. The molecule has 3 N–H and O–H groups in total. The maximum absolute atomic E-state index is 11.7. The van der Waals surface area contributed by atoms with Crippen molar-refractivity contribution in [3.8, 4) is 5.75 Å². The first-order chi connectivity index (χ1) is 9.95. The smallest absolute Gasteiger partial charge is 0.337 e. The highest BCUT2D eigenvalue weighted by Gasteiger charge is 2.12. The van der Waals surface area contributed by atoms with Crippen LogP contribution in [0.3, 0.4) is 0 Å². The van der Waals surface area contributed by atoms with Gasteiger partial charge in [0, 0.05) is 6.08 Å². The van der Waals surface area contributed by atoms with Crippen molar-refractivity contribution in [1.29, 1.82) is 0 Å². The van der Waals surface area contributed by atoms with Gasteiger partial charge in [-0.05, 0) is 52.3 Å². The van der Waals surface area contributed by atoms with Crippen molar-refractivity contribution in [3.05, 3.63) is 52.4 Å². The molecule has 1 amide bonds. The number of aromatic hydroxyl groups is 1. The van der Waals surface area contributed by atoms with E-state index in [1.807, 2.05) is 0 Å². The van der Waals surface area contributed by atoms with Crippen LogP contribution < -0.4 is 5.32 Å². The number of benzene rings is 1. The lowest BCUT2D eigenvalue weighted by molar-refractivity contribution is -0.111. The first-order valence-electron chi connectivity index (χ1n) is 5.76. The van der Waals surface area contributed by atoms with Crippen LogP contribution >= 0.6 is 15.9 Å². The van der Waals surface area contributed by atoms with Crippen molar-refractivity contribution in [2.45, 2.75) is 0 Å². The quantitative estimate of drug-likeness (QED) is 0.580. The Balaban J connectivity index is 2.13. The fourth-order valence-electron chi connectivity index (χ4n) is 1.57. The number of rotatable bonds is 4. The second-order valence-electron chi connectivity index (χ2n) is 4.00. The molecular formula is C14H10BrNO5. The van der Waals surface area contributed by atoms with Crippen molar-refractivity contribution in [1.82, 2.24) is 0 Å². The zero-order valence-corrected chi connectivity index (χ0v) is 12.1. The molecule has 0 aliphatic rings. The normalized spacial score (nSPS) is 10.7. The van der Waals surface area contributed by atoms with Crippen molar-refractivity contribution in [3.63, 3.8) is 0 Å². The number of carbonyl (C=O) groups is 2. The molecule has 0 bridgehead atoms. The van der Waals surface area contributed by atoms with E-state index in [0.717, 1.165) is 6.07 Å². The molecule has 1 aromatic heterocycles. The largest absolute Gasteiger partial charge is 0.508 e. The Morgan fingerprint density at radius 1 is 1.24 bits per heavy atom. The molecule has 0 atom stereocenters. The lowest BCUT2D eigenvalue weighted by Gasteiger charge is -2.06. The summed E-state index contributed by atoms with van der Waals surface area (Å²) in [6.07, 6.45) is 2.66. The number of nitrogens with one attached hydrogen (secondary N) is 1. The number of phenols is 1. The molecular weight excluding hydrogens is 342 g/mol. The van der Waals surface area contributed by atoms with Gasteiger partial charge in [-0.3, -0.25) is 4.79 Å². The predicted octanol–water partition coefficient (Wildman–Crippen LogP) is 3.10. The Morgan fingerprint density at radius 2 is 2.00 bits per heavy atom. The first-order valence-corrected chi connectivity index (χ1v) is 6.56. The summed E-state index contributed by atoms with van der Waals surface area (Å²) in [5.74, 6) is -1.49. The number of furan rings is 1. The number of phenolic OH excluding ortho intramolecular Hbond substituents is 1. The van der Waals surface area contributed by atoms with Gasteiger partial charge in [0.05, 0.1) is 11.3 Å². The molecule has 2 rings (SSSR count). The Labute approximate surface area is 127 Å². The summed E-state index contributed by atoms with van der Waals surface area (Å²) in [7, 11) is 0. The van der Waals surface area contributed by atoms with Crippen LogP contribution in [0.25, 0.3) is 6.08 Å². The second-order valence-corrected chi connectivity index (χ2v) is 4.78. The fraction of sp³-hybridized carbons (Fsp3) is 0. The highest BCUT2D eigenvalue weighted by atomic mass is 79.9. The second kappa shape index (κ2) is 6.27. The van der Waals surface area contributed by atoms with Crippen LogP contribution in [-0.4, -0.2) is 22.1 Å². The zero-order valence-electron chi connectivity index (χ0n) is 10.5. The average Bonchev–Trinajstić information content (AvgIpc) is 2.84. The third-order valence-electron chi connectivity index (χ3n) is 2.48. The van der Waals surface area contributed by atoms with Crippen LogP contribution in [0, 0.1) is 0 Å². The van der Waals surface area contributed by atoms with Crippen LogP contribution in [0.1, 0.15) is 16.1 Å². The number of halogens is 1. The minimum atomic E-state index is -1.25. The third-order valence-corrected chi connectivity index (χ3v) is 2.91. The van der Waals surface area contributed by atoms with E-state index in [2.05, 4.69) is 21.2 Å². The number of carboxylic acid groups (broad SMARTS) is 1. The summed E-state index contributed by atoms with van der Waals surface area (Å²) < 4.78 is 5.72. The van der Waals surface area contributed by atoms with E-state index in [4.69, 9.17) is 9.52 Å². The standard InChI is InChI=1S/C14H10BrNO5/c15-12-5-2-9(21-12)3-6-13(18)16-11-4-1-8(17)7-10(11)14(19)20/h1-7,17H,(H,16,18)(H,19,20). The van der Waals surface area contributed by atoms with E-state index in [0.29, 0.717) is 10.4 Å². The maximum Gasteiger partial charge on any atom is 0.337 e. The topological polar surface area (TPSA) is 99.8 Å². The maximum atomic E-state index is 11.7. The minimum absolute atomic E-state index is 0.0931. The molecule has 0 spiro atoms. The van der Waals surface area contributed by atoms with Gasteiger partial charge in [-0.15, -0.1) is 0 Å². The van der Waals surface area contributed by atoms with E-state index >= 15 is 0 Å². The molecule has 21 heavy (non-hydrogen) atoms. The number of aromatic carboxylic acids is 1. The Bertz CT molecular complexity index is 720. The minimum Gasteiger partial charge on any atom is -0.508 e. The Kier molecular flexibility index (Phi) is 4.44. The number of amides is 1. The molecule has 0 unspecified atom stereocenters. The van der Waals surface area contributed by atoms with E-state index in [-0.39, 0.29) is 17.0 Å². The van der Waals surface area contributed by atoms with Gasteiger partial charge in [0.15, 0.2) is 4.67 Å². The highest BCUT2D eigenvalue weighted by Crippen LogP contribution is 2.21. The van der Waals surface area contributed by atoms with Gasteiger partial charge in [0.25, 0.3) is 0 Å². The molecule has 1 aromatic carbocycles. The van der Waals surface area contributed by atoms with Crippen LogP contribution in [0.2, 0.25) is 0 Å². The van der Waals surface area contributed by atoms with Gasteiger partial charge in [-0.2, -0.15) is 0 Å². The Hall–Kier alpha value is -2.54. The van der Waals surface area contributed by atoms with Gasteiger partial charge < -0.3 is 19.9 Å². The lowest BCUT2D eigenvalue weighted by Crippen LogP contribution is -2.11. The van der Waals surface area contributed by atoms with Crippen LogP contribution in [0.5, 0.6) is 5.75 Å². The molecule has 0 aliphatic carbocycles. The number of carbonyl (C=O) groups excluding carboxylic acids is 1. The summed E-state index contributed by atoms with van der Waals surface area (Å²) in [4.78, 5) is 22.8. The van der Waals surface area contributed by atoms with Gasteiger partial charge in [0.2, 0.25) is 5.91 Å². The first kappa shape index (κ1) is 14.9. The monoisotopic (exact) mass is 351 g/mol. The molecule has 0 aliphatic heterocycles. The van der Waals surface area contributed by atoms with E-state index < -0.39 is 11.9 Å². The summed E-state index contributed by atoms with van der Waals surface area (Å²) in [5, 5.41) is 20.7. The summed E-state index contributed by atoms with van der Waals surface area (Å²) in [6, 6.07) is 7.01. The summed E-state index contributed by atoms with van der Waals surface area (Å²) >= 11 is 3.14.